The molecule has 1 aliphatic rings. The molecule has 0 spiro atoms. The van der Waals surface area contributed by atoms with Crippen molar-refractivity contribution in [2.24, 2.45) is 4.99 Å². The lowest BCUT2D eigenvalue weighted by Crippen LogP contribution is -2.45. The highest BCUT2D eigenvalue weighted by atomic mass is 127. The number of ether oxygens (including phenoxy) is 1. The topological polar surface area (TPSA) is 66.0 Å². The number of carbonyl (C=O) groups excluding carboxylic acids is 1. The van der Waals surface area contributed by atoms with E-state index >= 15 is 0 Å². The summed E-state index contributed by atoms with van der Waals surface area (Å²) in [6.45, 7) is 1.51. The lowest BCUT2D eigenvalue weighted by atomic mass is 10.0. The zero-order chi connectivity index (χ0) is 19.1. The number of benzene rings is 2. The van der Waals surface area contributed by atoms with E-state index in [4.69, 9.17) is 4.74 Å². The van der Waals surface area contributed by atoms with E-state index in [0.29, 0.717) is 12.5 Å². The third kappa shape index (κ3) is 5.37. The molecule has 0 unspecified atom stereocenters. The summed E-state index contributed by atoms with van der Waals surface area (Å²) < 4.78 is 5.36. The van der Waals surface area contributed by atoms with Crippen LogP contribution in [0, 0.1) is 0 Å². The summed E-state index contributed by atoms with van der Waals surface area (Å²) >= 11 is 0. The fraction of sp³-hybridized carbons (Fsp3) is 0.333. The summed E-state index contributed by atoms with van der Waals surface area (Å²) in [6.07, 6.45) is 2.01. The summed E-state index contributed by atoms with van der Waals surface area (Å²) in [5, 5.41) is 6.34. The molecular formula is C21H27IN4O2. The van der Waals surface area contributed by atoms with Gasteiger partial charge in [-0.25, -0.2) is 0 Å². The molecule has 0 fully saturated rings. The molecule has 0 saturated carbocycles. The van der Waals surface area contributed by atoms with Crippen LogP contribution in [0.4, 0.5) is 5.69 Å². The van der Waals surface area contributed by atoms with Crippen molar-refractivity contribution in [2.45, 2.75) is 19.4 Å². The Morgan fingerprint density at radius 2 is 1.89 bits per heavy atom. The van der Waals surface area contributed by atoms with Crippen molar-refractivity contribution in [1.82, 2.24) is 10.6 Å². The van der Waals surface area contributed by atoms with Crippen molar-refractivity contribution in [3.8, 4) is 5.75 Å². The molecule has 0 radical (unpaired) electrons. The molecule has 1 aliphatic heterocycles. The Balaban J connectivity index is 0.00000280. The molecule has 7 heteroatoms. The number of hydrogen-bond acceptors (Lipinski definition) is 3. The van der Waals surface area contributed by atoms with Gasteiger partial charge in [0.05, 0.1) is 13.7 Å². The minimum Gasteiger partial charge on any atom is -0.496 e. The Labute approximate surface area is 183 Å². The normalized spacial score (nSPS) is 13.2. The Kier molecular flexibility index (Phi) is 8.56. The first kappa shape index (κ1) is 22.0. The second-order valence-electron chi connectivity index (χ2n) is 6.37. The van der Waals surface area contributed by atoms with Gasteiger partial charge in [0.1, 0.15) is 5.75 Å². The molecule has 0 atom stereocenters. The lowest BCUT2D eigenvalue weighted by Gasteiger charge is -2.29. The molecular weight excluding hydrogens is 467 g/mol. The monoisotopic (exact) mass is 494 g/mol. The Hall–Kier alpha value is -2.29. The Morgan fingerprint density at radius 1 is 1.14 bits per heavy atom. The fourth-order valence-electron chi connectivity index (χ4n) is 3.30. The number of methoxy groups -OCH3 is 1. The van der Waals surface area contributed by atoms with Gasteiger partial charge in [-0.3, -0.25) is 9.79 Å². The predicted octanol–water partition coefficient (Wildman–Crippen LogP) is 2.96. The average molecular weight is 494 g/mol. The molecule has 6 nitrogen and oxygen atoms in total. The van der Waals surface area contributed by atoms with Crippen LogP contribution in [0.2, 0.25) is 0 Å². The number of halogens is 1. The van der Waals surface area contributed by atoms with Crippen molar-refractivity contribution in [3.05, 3.63) is 59.7 Å². The number of rotatable bonds is 5. The molecule has 0 aliphatic carbocycles. The molecule has 2 N–H and O–H groups in total. The third-order valence-electron chi connectivity index (χ3n) is 4.68. The van der Waals surface area contributed by atoms with E-state index in [1.807, 2.05) is 47.4 Å². The summed E-state index contributed by atoms with van der Waals surface area (Å²) in [4.78, 5) is 18.8. The minimum atomic E-state index is 0. The molecule has 1 heterocycles. The van der Waals surface area contributed by atoms with Crippen LogP contribution in [0.3, 0.4) is 0 Å². The Morgan fingerprint density at radius 3 is 2.68 bits per heavy atom. The van der Waals surface area contributed by atoms with E-state index < -0.39 is 0 Å². The van der Waals surface area contributed by atoms with Gasteiger partial charge in [0, 0.05) is 31.4 Å². The Bertz CT molecular complexity index is 826. The molecule has 0 saturated heterocycles. The fourth-order valence-corrected chi connectivity index (χ4v) is 3.30. The number of fused-ring (bicyclic) bond motifs is 1. The number of nitrogens with one attached hydrogen (secondary N) is 2. The van der Waals surface area contributed by atoms with Crippen molar-refractivity contribution in [3.63, 3.8) is 0 Å². The van der Waals surface area contributed by atoms with E-state index in [9.17, 15) is 4.79 Å². The zero-order valence-electron chi connectivity index (χ0n) is 16.3. The van der Waals surface area contributed by atoms with Gasteiger partial charge in [-0.1, -0.05) is 36.4 Å². The summed E-state index contributed by atoms with van der Waals surface area (Å²) in [5.74, 6) is 1.45. The average Bonchev–Trinajstić information content (AvgIpc) is 2.73. The number of amides is 1. The minimum absolute atomic E-state index is 0. The number of anilines is 1. The maximum Gasteiger partial charge on any atom is 0.246 e. The van der Waals surface area contributed by atoms with Gasteiger partial charge in [-0.15, -0.1) is 24.0 Å². The number of nitrogens with zero attached hydrogens (tertiary/aromatic N) is 2. The number of aryl methyl sites for hydroxylation is 1. The van der Waals surface area contributed by atoms with E-state index in [1.54, 1.807) is 14.2 Å². The van der Waals surface area contributed by atoms with Crippen LogP contribution >= 0.6 is 24.0 Å². The van der Waals surface area contributed by atoms with Gasteiger partial charge < -0.3 is 20.3 Å². The van der Waals surface area contributed by atoms with E-state index in [0.717, 1.165) is 36.4 Å². The van der Waals surface area contributed by atoms with Crippen LogP contribution < -0.4 is 20.3 Å². The summed E-state index contributed by atoms with van der Waals surface area (Å²) in [7, 11) is 3.35. The van der Waals surface area contributed by atoms with Crippen molar-refractivity contribution in [1.29, 1.82) is 0 Å². The second kappa shape index (κ2) is 10.9. The maximum atomic E-state index is 12.7. The van der Waals surface area contributed by atoms with Crippen molar-refractivity contribution >= 4 is 41.5 Å². The van der Waals surface area contributed by atoms with E-state index in [2.05, 4.69) is 21.7 Å². The number of aliphatic imine (C=N–C) groups is 1. The van der Waals surface area contributed by atoms with Crippen LogP contribution in [0.15, 0.2) is 53.5 Å². The molecule has 28 heavy (non-hydrogen) atoms. The molecule has 0 aromatic heterocycles. The van der Waals surface area contributed by atoms with Crippen molar-refractivity contribution < 1.29 is 9.53 Å². The van der Waals surface area contributed by atoms with E-state index in [1.165, 1.54) is 5.56 Å². The SMILES string of the molecule is CN=C(NCC(=O)N1CCCc2ccccc21)NCc1ccccc1OC.I. The van der Waals surface area contributed by atoms with Gasteiger partial charge in [0.25, 0.3) is 0 Å². The lowest BCUT2D eigenvalue weighted by molar-refractivity contribution is -0.117. The molecule has 0 bridgehead atoms. The number of hydrogen-bond donors (Lipinski definition) is 2. The van der Waals surface area contributed by atoms with Crippen LogP contribution in [0.25, 0.3) is 0 Å². The van der Waals surface area contributed by atoms with Gasteiger partial charge >= 0.3 is 0 Å². The highest BCUT2D eigenvalue weighted by Gasteiger charge is 2.21. The summed E-state index contributed by atoms with van der Waals surface area (Å²) in [6, 6.07) is 15.9. The number of carbonyl (C=O) groups is 1. The van der Waals surface area contributed by atoms with Gasteiger partial charge in [0.2, 0.25) is 5.91 Å². The zero-order valence-corrected chi connectivity index (χ0v) is 18.6. The van der Waals surface area contributed by atoms with Gasteiger partial charge in [-0.2, -0.15) is 0 Å². The van der Waals surface area contributed by atoms with E-state index in [-0.39, 0.29) is 36.4 Å². The highest BCUT2D eigenvalue weighted by Crippen LogP contribution is 2.26. The molecule has 3 rings (SSSR count). The molecule has 2 aromatic rings. The van der Waals surface area contributed by atoms with Gasteiger partial charge in [-0.05, 0) is 30.5 Å². The molecule has 1 amide bonds. The standard InChI is InChI=1S/C21H26N4O2.HI/c1-22-21(23-14-17-9-4-6-12-19(17)27-2)24-15-20(26)25-13-7-10-16-8-3-5-11-18(16)25;/h3-6,8-9,11-12H,7,10,13-15H2,1-2H3,(H2,22,23,24);1H. The molecule has 2 aromatic carbocycles. The first-order chi connectivity index (χ1) is 13.2. The largest absolute Gasteiger partial charge is 0.496 e. The smallest absolute Gasteiger partial charge is 0.246 e. The number of para-hydroxylation sites is 2. The van der Waals surface area contributed by atoms with Crippen LogP contribution in [0.5, 0.6) is 5.75 Å². The highest BCUT2D eigenvalue weighted by molar-refractivity contribution is 14.0. The third-order valence-corrected chi connectivity index (χ3v) is 4.68. The number of guanidine groups is 1. The summed E-state index contributed by atoms with van der Waals surface area (Å²) in [5.41, 5.74) is 3.28. The quantitative estimate of drug-likeness (QED) is 0.381. The first-order valence-electron chi connectivity index (χ1n) is 9.17. The second-order valence-corrected chi connectivity index (χ2v) is 6.37. The van der Waals surface area contributed by atoms with Crippen LogP contribution in [0.1, 0.15) is 17.5 Å². The van der Waals surface area contributed by atoms with Crippen LogP contribution in [-0.4, -0.2) is 39.1 Å². The maximum absolute atomic E-state index is 12.7. The molecule has 150 valence electrons. The van der Waals surface area contributed by atoms with Crippen LogP contribution in [-0.2, 0) is 17.8 Å². The first-order valence-corrected chi connectivity index (χ1v) is 9.17. The van der Waals surface area contributed by atoms with Crippen molar-refractivity contribution in [2.75, 3.05) is 32.1 Å². The van der Waals surface area contributed by atoms with Gasteiger partial charge in [0.15, 0.2) is 5.96 Å². The predicted molar refractivity (Wildman–Crippen MR) is 124 cm³/mol.